The third-order valence-corrected chi connectivity index (χ3v) is 3.99. The number of nitrogens with zero attached hydrogens (tertiary/aromatic N) is 3. The summed E-state index contributed by atoms with van der Waals surface area (Å²) in [5, 5.41) is 3.44. The lowest BCUT2D eigenvalue weighted by molar-refractivity contribution is 0.157. The summed E-state index contributed by atoms with van der Waals surface area (Å²) in [6.07, 6.45) is 0.706. The van der Waals surface area contributed by atoms with Crippen LogP contribution in [0.4, 0.5) is 9.93 Å². The molecule has 0 unspecified atom stereocenters. The largest absolute Gasteiger partial charge is 0.383 e. The molecule has 116 valence electrons. The van der Waals surface area contributed by atoms with Crippen molar-refractivity contribution in [1.29, 1.82) is 0 Å². The predicted octanol–water partition coefficient (Wildman–Crippen LogP) is 0.151. The maximum absolute atomic E-state index is 12.2. The Morgan fingerprint density at radius 1 is 1.62 bits per heavy atom. The Balaban J connectivity index is 2.00. The Kier molecular flexibility index (Phi) is 4.97. The molecule has 0 spiro atoms. The Bertz CT molecular complexity index is 540. The van der Waals surface area contributed by atoms with E-state index in [1.807, 2.05) is 6.92 Å². The molecule has 2 amide bonds. The Morgan fingerprint density at radius 3 is 3.05 bits per heavy atom. The molecule has 0 saturated carbocycles. The van der Waals surface area contributed by atoms with Crippen molar-refractivity contribution in [3.05, 3.63) is 10.6 Å². The van der Waals surface area contributed by atoms with Crippen LogP contribution in [0.3, 0.4) is 0 Å². The molecule has 1 aromatic heterocycles. The van der Waals surface area contributed by atoms with Gasteiger partial charge in [0.2, 0.25) is 5.13 Å². The number of nitrogens with one attached hydrogen (secondary N) is 1. The molecule has 0 fully saturated rings. The number of aliphatic imine (C=N–C) groups is 1. The number of hydrogen-bond donors (Lipinski definition) is 3. The lowest BCUT2D eigenvalue weighted by Gasteiger charge is -2.27. The van der Waals surface area contributed by atoms with E-state index in [4.69, 9.17) is 16.2 Å². The van der Waals surface area contributed by atoms with Gasteiger partial charge in [-0.2, -0.15) is 4.99 Å². The van der Waals surface area contributed by atoms with Crippen LogP contribution in [0, 0.1) is 0 Å². The summed E-state index contributed by atoms with van der Waals surface area (Å²) < 4.78 is 5.01. The lowest BCUT2D eigenvalue weighted by Crippen LogP contribution is -2.46. The second-order valence-electron chi connectivity index (χ2n) is 4.88. The average Bonchev–Trinajstić information content (AvgIpc) is 2.78. The summed E-state index contributed by atoms with van der Waals surface area (Å²) in [4.78, 5) is 23.3. The number of urea groups is 1. The minimum Gasteiger partial charge on any atom is -0.383 e. The zero-order valence-electron chi connectivity index (χ0n) is 12.1. The summed E-state index contributed by atoms with van der Waals surface area (Å²) in [5.41, 5.74) is 11.7. The Hall–Kier alpha value is -1.87. The summed E-state index contributed by atoms with van der Waals surface area (Å²) in [6.45, 7) is 3.54. The van der Waals surface area contributed by atoms with Crippen molar-refractivity contribution in [2.24, 2.45) is 16.5 Å². The average molecular weight is 312 g/mol. The fraction of sp³-hybridized carbons (Fsp3) is 0.583. The van der Waals surface area contributed by atoms with Crippen LogP contribution >= 0.6 is 11.3 Å². The molecule has 0 saturated heterocycles. The molecule has 9 heteroatoms. The zero-order chi connectivity index (χ0) is 15.4. The van der Waals surface area contributed by atoms with E-state index in [0.717, 1.165) is 10.6 Å². The van der Waals surface area contributed by atoms with Crippen molar-refractivity contribution in [2.75, 3.05) is 20.3 Å². The number of thiazole rings is 1. The number of carbonyl (C=O) groups excluding carboxylic acids is 1. The highest BCUT2D eigenvalue weighted by Crippen LogP contribution is 2.29. The number of methoxy groups -OCH3 is 1. The molecule has 0 radical (unpaired) electrons. The molecular weight excluding hydrogens is 292 g/mol. The molecule has 1 aliphatic heterocycles. The van der Waals surface area contributed by atoms with Crippen molar-refractivity contribution in [3.8, 4) is 0 Å². The highest BCUT2D eigenvalue weighted by molar-refractivity contribution is 7.15. The first-order chi connectivity index (χ1) is 9.99. The van der Waals surface area contributed by atoms with Gasteiger partial charge in [-0.3, -0.25) is 0 Å². The maximum atomic E-state index is 12.2. The number of aromatic nitrogens is 1. The van der Waals surface area contributed by atoms with Gasteiger partial charge in [0, 0.05) is 25.0 Å². The number of hydrogen-bond acceptors (Lipinski definition) is 5. The van der Waals surface area contributed by atoms with E-state index in [-0.39, 0.29) is 18.0 Å². The van der Waals surface area contributed by atoms with Crippen LogP contribution in [0.15, 0.2) is 4.99 Å². The standard InChI is InChI=1S/C12H20N6O2S/c1-7(6-20-2)15-12(19)18-4-3-8-9(5-18)21-11(16-8)17-10(13)14/h7H,3-6H2,1-2H3,(H,15,19)(H4,13,14,16,17)/t7-/m0/s1. The van der Waals surface area contributed by atoms with Crippen molar-refractivity contribution in [1.82, 2.24) is 15.2 Å². The van der Waals surface area contributed by atoms with Gasteiger partial charge < -0.3 is 26.4 Å². The molecule has 0 aliphatic carbocycles. The Morgan fingerprint density at radius 2 is 2.38 bits per heavy atom. The van der Waals surface area contributed by atoms with Gasteiger partial charge >= 0.3 is 6.03 Å². The van der Waals surface area contributed by atoms with Gasteiger partial charge in [0.1, 0.15) is 0 Å². The molecule has 5 N–H and O–H groups in total. The molecule has 1 atom stereocenters. The molecule has 1 aromatic rings. The fourth-order valence-electron chi connectivity index (χ4n) is 2.11. The van der Waals surface area contributed by atoms with Crippen LogP contribution in [0.5, 0.6) is 0 Å². The second kappa shape index (κ2) is 6.72. The van der Waals surface area contributed by atoms with E-state index in [1.165, 1.54) is 11.3 Å². The van der Waals surface area contributed by atoms with Gasteiger partial charge in [0.25, 0.3) is 0 Å². The number of fused-ring (bicyclic) bond motifs is 1. The smallest absolute Gasteiger partial charge is 0.318 e. The summed E-state index contributed by atoms with van der Waals surface area (Å²) >= 11 is 1.41. The molecule has 8 nitrogen and oxygen atoms in total. The summed E-state index contributed by atoms with van der Waals surface area (Å²) in [5.74, 6) is -0.0101. The molecule has 0 aromatic carbocycles. The maximum Gasteiger partial charge on any atom is 0.318 e. The van der Waals surface area contributed by atoms with Gasteiger partial charge in [0.05, 0.1) is 24.9 Å². The van der Waals surface area contributed by atoms with E-state index >= 15 is 0 Å². The van der Waals surface area contributed by atoms with Crippen LogP contribution in [0.2, 0.25) is 0 Å². The van der Waals surface area contributed by atoms with Gasteiger partial charge in [-0.15, -0.1) is 0 Å². The lowest BCUT2D eigenvalue weighted by atomic mass is 10.2. The van der Waals surface area contributed by atoms with Crippen LogP contribution < -0.4 is 16.8 Å². The molecule has 0 bridgehead atoms. The molecule has 2 heterocycles. The quantitative estimate of drug-likeness (QED) is 0.540. The first-order valence-corrected chi connectivity index (χ1v) is 7.44. The number of nitrogens with two attached hydrogens (primary N) is 2. The first kappa shape index (κ1) is 15.5. The number of rotatable bonds is 4. The summed E-state index contributed by atoms with van der Waals surface area (Å²) in [7, 11) is 1.61. The van der Waals surface area contributed by atoms with Crippen LogP contribution in [0.25, 0.3) is 0 Å². The molecule has 2 rings (SSSR count). The van der Waals surface area contributed by atoms with Gasteiger partial charge in [-0.05, 0) is 6.92 Å². The molecular formula is C12H20N6O2S. The van der Waals surface area contributed by atoms with Crippen LogP contribution in [-0.4, -0.2) is 48.2 Å². The van der Waals surface area contributed by atoms with Crippen LogP contribution in [0.1, 0.15) is 17.5 Å². The minimum atomic E-state index is -0.0954. The van der Waals surface area contributed by atoms with E-state index in [9.17, 15) is 4.79 Å². The fourth-order valence-corrected chi connectivity index (χ4v) is 3.12. The summed E-state index contributed by atoms with van der Waals surface area (Å²) in [6, 6.07) is -0.121. The number of carbonyl (C=O) groups is 1. The van der Waals surface area contributed by atoms with Crippen molar-refractivity contribution in [2.45, 2.75) is 25.9 Å². The van der Waals surface area contributed by atoms with Crippen LogP contribution in [-0.2, 0) is 17.7 Å². The van der Waals surface area contributed by atoms with E-state index < -0.39 is 0 Å². The minimum absolute atomic E-state index is 0.0101. The third kappa shape index (κ3) is 4.05. The van der Waals surface area contributed by atoms with E-state index in [0.29, 0.717) is 31.2 Å². The zero-order valence-corrected chi connectivity index (χ0v) is 12.9. The van der Waals surface area contributed by atoms with E-state index in [2.05, 4.69) is 15.3 Å². The predicted molar refractivity (Wildman–Crippen MR) is 81.6 cm³/mol. The molecule has 21 heavy (non-hydrogen) atoms. The van der Waals surface area contributed by atoms with Crippen molar-refractivity contribution in [3.63, 3.8) is 0 Å². The van der Waals surface area contributed by atoms with E-state index in [1.54, 1.807) is 12.0 Å². The third-order valence-electron chi connectivity index (χ3n) is 3.02. The van der Waals surface area contributed by atoms with Crippen molar-refractivity contribution < 1.29 is 9.53 Å². The number of guanidine groups is 1. The van der Waals surface area contributed by atoms with Gasteiger partial charge in [-0.1, -0.05) is 11.3 Å². The first-order valence-electron chi connectivity index (χ1n) is 6.62. The normalized spacial score (nSPS) is 15.2. The highest BCUT2D eigenvalue weighted by Gasteiger charge is 2.24. The second-order valence-corrected chi connectivity index (χ2v) is 5.94. The van der Waals surface area contributed by atoms with Gasteiger partial charge in [-0.25, -0.2) is 9.78 Å². The number of ether oxygens (including phenoxy) is 1. The molecule has 1 aliphatic rings. The highest BCUT2D eigenvalue weighted by atomic mass is 32.1. The number of amides is 2. The monoisotopic (exact) mass is 312 g/mol. The van der Waals surface area contributed by atoms with Crippen molar-refractivity contribution >= 4 is 28.5 Å². The van der Waals surface area contributed by atoms with Gasteiger partial charge in [0.15, 0.2) is 5.96 Å². The topological polar surface area (TPSA) is 119 Å². The Labute approximate surface area is 127 Å². The SMILES string of the molecule is COC[C@H](C)NC(=O)N1CCc2nc(N=C(N)N)sc2C1.